The van der Waals surface area contributed by atoms with E-state index in [0.29, 0.717) is 12.8 Å². The molecular formula is C11H16FNO. The van der Waals surface area contributed by atoms with E-state index in [-0.39, 0.29) is 12.3 Å². The topological polar surface area (TPSA) is 46.2 Å². The number of hydrogen-bond donors (Lipinski definition) is 2. The third kappa shape index (κ3) is 2.70. The number of hydrogen-bond acceptors (Lipinski definition) is 2. The SMILES string of the molecule is CCC(F)(CN)Cc1ccc(O)cc1. The first-order valence-electron chi connectivity index (χ1n) is 4.76. The predicted octanol–water partition coefficient (Wildman–Crippen LogP) is 2.01. The molecule has 0 spiro atoms. The van der Waals surface area contributed by atoms with E-state index in [9.17, 15) is 4.39 Å². The molecule has 0 aliphatic heterocycles. The zero-order chi connectivity index (χ0) is 10.6. The second-order valence-corrected chi connectivity index (χ2v) is 3.55. The van der Waals surface area contributed by atoms with Crippen molar-refractivity contribution >= 4 is 0 Å². The van der Waals surface area contributed by atoms with E-state index < -0.39 is 5.67 Å². The summed E-state index contributed by atoms with van der Waals surface area (Å²) in [4.78, 5) is 0. The molecule has 3 heteroatoms. The standard InChI is InChI=1S/C11H16FNO/c1-2-11(12,8-13)7-9-3-5-10(14)6-4-9/h3-6,14H,2,7-8,13H2,1H3. The van der Waals surface area contributed by atoms with E-state index in [1.165, 1.54) is 0 Å². The minimum Gasteiger partial charge on any atom is -0.508 e. The Kier molecular flexibility index (Phi) is 3.47. The van der Waals surface area contributed by atoms with E-state index >= 15 is 0 Å². The molecule has 0 aliphatic rings. The lowest BCUT2D eigenvalue weighted by atomic mass is 9.94. The summed E-state index contributed by atoms with van der Waals surface area (Å²) in [6.07, 6.45) is 0.713. The Labute approximate surface area is 83.6 Å². The average Bonchev–Trinajstić information content (AvgIpc) is 2.21. The van der Waals surface area contributed by atoms with E-state index in [1.54, 1.807) is 31.2 Å². The van der Waals surface area contributed by atoms with Gasteiger partial charge in [0.2, 0.25) is 0 Å². The fourth-order valence-electron chi connectivity index (χ4n) is 1.32. The van der Waals surface area contributed by atoms with Gasteiger partial charge in [-0.15, -0.1) is 0 Å². The first-order chi connectivity index (χ1) is 6.59. The van der Waals surface area contributed by atoms with Gasteiger partial charge in [-0.25, -0.2) is 4.39 Å². The van der Waals surface area contributed by atoms with Gasteiger partial charge in [-0.3, -0.25) is 0 Å². The van der Waals surface area contributed by atoms with Crippen LogP contribution in [0.4, 0.5) is 4.39 Å². The van der Waals surface area contributed by atoms with Crippen molar-refractivity contribution in [1.29, 1.82) is 0 Å². The number of rotatable bonds is 4. The third-order valence-corrected chi connectivity index (χ3v) is 2.46. The van der Waals surface area contributed by atoms with Gasteiger partial charge in [0.05, 0.1) is 0 Å². The first-order valence-corrected chi connectivity index (χ1v) is 4.76. The van der Waals surface area contributed by atoms with Crippen LogP contribution >= 0.6 is 0 Å². The number of phenols is 1. The van der Waals surface area contributed by atoms with Crippen molar-refractivity contribution in [2.24, 2.45) is 5.73 Å². The van der Waals surface area contributed by atoms with Crippen LogP contribution in [-0.4, -0.2) is 17.3 Å². The van der Waals surface area contributed by atoms with E-state index in [4.69, 9.17) is 10.8 Å². The number of alkyl halides is 1. The lowest BCUT2D eigenvalue weighted by Gasteiger charge is -2.21. The van der Waals surface area contributed by atoms with Crippen LogP contribution in [0.2, 0.25) is 0 Å². The van der Waals surface area contributed by atoms with Gasteiger partial charge in [-0.1, -0.05) is 19.1 Å². The summed E-state index contributed by atoms with van der Waals surface area (Å²) in [5, 5.41) is 9.05. The Bertz CT molecular complexity index is 280. The largest absolute Gasteiger partial charge is 0.508 e. The smallest absolute Gasteiger partial charge is 0.126 e. The molecule has 1 unspecified atom stereocenters. The molecule has 78 valence electrons. The first kappa shape index (κ1) is 11.0. The molecule has 2 nitrogen and oxygen atoms in total. The van der Waals surface area contributed by atoms with Crippen LogP contribution in [-0.2, 0) is 6.42 Å². The van der Waals surface area contributed by atoms with E-state index in [0.717, 1.165) is 5.56 Å². The van der Waals surface area contributed by atoms with Crippen LogP contribution in [0.1, 0.15) is 18.9 Å². The van der Waals surface area contributed by atoms with Crippen LogP contribution in [0.15, 0.2) is 24.3 Å². The van der Waals surface area contributed by atoms with Gasteiger partial charge >= 0.3 is 0 Å². The number of aromatic hydroxyl groups is 1. The molecule has 1 rings (SSSR count). The third-order valence-electron chi connectivity index (χ3n) is 2.46. The summed E-state index contributed by atoms with van der Waals surface area (Å²) < 4.78 is 13.8. The second-order valence-electron chi connectivity index (χ2n) is 3.55. The Hall–Kier alpha value is -1.09. The highest BCUT2D eigenvalue weighted by Crippen LogP contribution is 2.21. The van der Waals surface area contributed by atoms with Crippen LogP contribution in [0.3, 0.4) is 0 Å². The van der Waals surface area contributed by atoms with Crippen LogP contribution in [0, 0.1) is 0 Å². The fraction of sp³-hybridized carbons (Fsp3) is 0.455. The molecular weight excluding hydrogens is 181 g/mol. The van der Waals surface area contributed by atoms with Gasteiger partial charge in [0.1, 0.15) is 11.4 Å². The lowest BCUT2D eigenvalue weighted by Crippen LogP contribution is -2.34. The molecule has 0 aliphatic carbocycles. The molecule has 0 aromatic heterocycles. The maximum atomic E-state index is 13.8. The van der Waals surface area contributed by atoms with Crippen LogP contribution < -0.4 is 5.73 Å². The number of nitrogens with two attached hydrogens (primary N) is 1. The molecule has 1 aromatic rings. The average molecular weight is 197 g/mol. The summed E-state index contributed by atoms with van der Waals surface area (Å²) >= 11 is 0. The van der Waals surface area contributed by atoms with Gasteiger partial charge in [0, 0.05) is 13.0 Å². The molecule has 0 fully saturated rings. The van der Waals surface area contributed by atoms with Gasteiger partial charge in [0.25, 0.3) is 0 Å². The minimum absolute atomic E-state index is 0.0321. The normalized spacial score (nSPS) is 15.1. The van der Waals surface area contributed by atoms with E-state index in [2.05, 4.69) is 0 Å². The molecule has 14 heavy (non-hydrogen) atoms. The summed E-state index contributed by atoms with van der Waals surface area (Å²) in [5.41, 5.74) is 4.91. The summed E-state index contributed by atoms with van der Waals surface area (Å²) in [5.74, 6) is 0.197. The highest BCUT2D eigenvalue weighted by Gasteiger charge is 2.25. The van der Waals surface area contributed by atoms with Crippen molar-refractivity contribution < 1.29 is 9.50 Å². The number of benzene rings is 1. The van der Waals surface area contributed by atoms with Crippen molar-refractivity contribution in [2.45, 2.75) is 25.4 Å². The van der Waals surface area contributed by atoms with Gasteiger partial charge in [-0.2, -0.15) is 0 Å². The maximum absolute atomic E-state index is 13.8. The van der Waals surface area contributed by atoms with E-state index in [1.807, 2.05) is 0 Å². The molecule has 3 N–H and O–H groups in total. The highest BCUT2D eigenvalue weighted by atomic mass is 19.1. The van der Waals surface area contributed by atoms with Crippen molar-refractivity contribution in [3.63, 3.8) is 0 Å². The molecule has 1 aromatic carbocycles. The fourth-order valence-corrected chi connectivity index (χ4v) is 1.32. The lowest BCUT2D eigenvalue weighted by molar-refractivity contribution is 0.167. The number of halogens is 1. The van der Waals surface area contributed by atoms with Crippen LogP contribution in [0.5, 0.6) is 5.75 Å². The van der Waals surface area contributed by atoms with Crippen molar-refractivity contribution in [1.82, 2.24) is 0 Å². The molecule has 1 atom stereocenters. The Morgan fingerprint density at radius 2 is 1.93 bits per heavy atom. The van der Waals surface area contributed by atoms with Gasteiger partial charge in [-0.05, 0) is 24.1 Å². The maximum Gasteiger partial charge on any atom is 0.126 e. The molecule has 0 heterocycles. The molecule has 0 radical (unpaired) electrons. The summed E-state index contributed by atoms with van der Waals surface area (Å²) in [6.45, 7) is 1.82. The molecule has 0 saturated heterocycles. The van der Waals surface area contributed by atoms with Gasteiger partial charge < -0.3 is 10.8 Å². The van der Waals surface area contributed by atoms with Gasteiger partial charge in [0.15, 0.2) is 0 Å². The zero-order valence-corrected chi connectivity index (χ0v) is 8.33. The van der Waals surface area contributed by atoms with Crippen molar-refractivity contribution in [3.05, 3.63) is 29.8 Å². The predicted molar refractivity (Wildman–Crippen MR) is 55.0 cm³/mol. The molecule has 0 bridgehead atoms. The molecule has 0 saturated carbocycles. The summed E-state index contributed by atoms with van der Waals surface area (Å²) in [6, 6.07) is 6.55. The number of phenolic OH excluding ortho intramolecular Hbond substituents is 1. The van der Waals surface area contributed by atoms with Crippen molar-refractivity contribution in [2.75, 3.05) is 6.54 Å². The Balaban J connectivity index is 2.72. The monoisotopic (exact) mass is 197 g/mol. The highest BCUT2D eigenvalue weighted by molar-refractivity contribution is 5.26. The second kappa shape index (κ2) is 4.42. The zero-order valence-electron chi connectivity index (χ0n) is 8.33. The Morgan fingerprint density at radius 1 is 1.36 bits per heavy atom. The van der Waals surface area contributed by atoms with Crippen molar-refractivity contribution in [3.8, 4) is 5.75 Å². The summed E-state index contributed by atoms with van der Waals surface area (Å²) in [7, 11) is 0. The molecule has 0 amide bonds. The van der Waals surface area contributed by atoms with Crippen LogP contribution in [0.25, 0.3) is 0 Å². The minimum atomic E-state index is -1.32. The Morgan fingerprint density at radius 3 is 2.36 bits per heavy atom. The quantitative estimate of drug-likeness (QED) is 0.775.